The zero-order valence-corrected chi connectivity index (χ0v) is 17.9. The number of amides is 3. The van der Waals surface area contributed by atoms with Crippen molar-refractivity contribution >= 4 is 17.7 Å². The van der Waals surface area contributed by atoms with Crippen molar-refractivity contribution in [3.63, 3.8) is 0 Å². The third-order valence-electron chi connectivity index (χ3n) is 4.59. The molecule has 0 aliphatic carbocycles. The second-order valence-corrected chi connectivity index (χ2v) is 7.27. The van der Waals surface area contributed by atoms with Gasteiger partial charge in [0.2, 0.25) is 0 Å². The minimum Gasteiger partial charge on any atom is -0.484 e. The van der Waals surface area contributed by atoms with Crippen LogP contribution in [0.3, 0.4) is 0 Å². The maximum atomic E-state index is 12.5. The van der Waals surface area contributed by atoms with E-state index in [1.807, 2.05) is 19.9 Å². The molecular weight excluding hydrogens is 382 g/mol. The van der Waals surface area contributed by atoms with E-state index in [2.05, 4.69) is 10.6 Å². The quantitative estimate of drug-likeness (QED) is 0.664. The van der Waals surface area contributed by atoms with Gasteiger partial charge in [0.25, 0.3) is 17.7 Å². The van der Waals surface area contributed by atoms with Gasteiger partial charge in [0.1, 0.15) is 5.75 Å². The monoisotopic (exact) mass is 411 g/mol. The van der Waals surface area contributed by atoms with E-state index in [0.717, 1.165) is 12.0 Å². The minimum atomic E-state index is -0.270. The van der Waals surface area contributed by atoms with Crippen molar-refractivity contribution in [2.24, 2.45) is 0 Å². The predicted octanol–water partition coefficient (Wildman–Crippen LogP) is 2.61. The molecule has 2 rings (SSSR count). The first-order valence-corrected chi connectivity index (χ1v) is 9.91. The lowest BCUT2D eigenvalue weighted by molar-refractivity contribution is -0.130. The van der Waals surface area contributed by atoms with Crippen molar-refractivity contribution in [1.82, 2.24) is 15.5 Å². The lowest BCUT2D eigenvalue weighted by Gasteiger charge is -2.13. The van der Waals surface area contributed by atoms with Gasteiger partial charge in [-0.15, -0.1) is 0 Å². The molecular formula is C23H29N3O4. The second-order valence-electron chi connectivity index (χ2n) is 7.27. The summed E-state index contributed by atoms with van der Waals surface area (Å²) in [6.07, 6.45) is 0.855. The Labute approximate surface area is 177 Å². The molecule has 2 aromatic carbocycles. The van der Waals surface area contributed by atoms with Gasteiger partial charge < -0.3 is 20.3 Å². The van der Waals surface area contributed by atoms with Gasteiger partial charge in [0.05, 0.1) is 0 Å². The van der Waals surface area contributed by atoms with Crippen LogP contribution in [0.4, 0.5) is 0 Å². The molecule has 0 aliphatic heterocycles. The minimum absolute atomic E-state index is 0.0937. The molecule has 7 nitrogen and oxygen atoms in total. The summed E-state index contributed by atoms with van der Waals surface area (Å²) in [5.74, 6) is -0.118. The first-order valence-electron chi connectivity index (χ1n) is 9.91. The predicted molar refractivity (Wildman–Crippen MR) is 115 cm³/mol. The van der Waals surface area contributed by atoms with E-state index in [-0.39, 0.29) is 36.9 Å². The topological polar surface area (TPSA) is 87.7 Å². The van der Waals surface area contributed by atoms with Gasteiger partial charge in [-0.05, 0) is 49.2 Å². The van der Waals surface area contributed by atoms with Crippen LogP contribution >= 0.6 is 0 Å². The molecule has 0 aliphatic rings. The number of ether oxygens (including phenoxy) is 1. The molecule has 2 N–H and O–H groups in total. The largest absolute Gasteiger partial charge is 0.484 e. The van der Waals surface area contributed by atoms with Crippen molar-refractivity contribution in [3.05, 3.63) is 65.2 Å². The first kappa shape index (κ1) is 22.9. The molecule has 0 spiro atoms. The number of hydrogen-bond donors (Lipinski definition) is 2. The molecule has 0 fully saturated rings. The number of nitrogens with one attached hydrogen (secondary N) is 2. The summed E-state index contributed by atoms with van der Waals surface area (Å²) in [5, 5.41) is 5.77. The summed E-state index contributed by atoms with van der Waals surface area (Å²) in [6, 6.07) is 13.9. The standard InChI is InChI=1S/C23H29N3O4/c1-5-16(2)25-23(29)18-9-6-8-17(12-18)14-24-22(28)19-10-7-11-20(13-19)30-15-21(27)26(3)4/h6-13,16H,5,14-15H2,1-4H3,(H,24,28)(H,25,29). The Balaban J connectivity index is 1.96. The lowest BCUT2D eigenvalue weighted by atomic mass is 10.1. The zero-order chi connectivity index (χ0) is 22.1. The SMILES string of the molecule is CCC(C)NC(=O)c1cccc(CNC(=O)c2cccc(OCC(=O)N(C)C)c2)c1. The highest BCUT2D eigenvalue weighted by Crippen LogP contribution is 2.14. The van der Waals surface area contributed by atoms with Crippen molar-refractivity contribution in [3.8, 4) is 5.75 Å². The normalized spacial score (nSPS) is 11.3. The molecule has 3 amide bonds. The summed E-state index contributed by atoms with van der Waals surface area (Å²) in [6.45, 7) is 4.16. The van der Waals surface area contributed by atoms with Crippen LogP contribution in [0.5, 0.6) is 5.75 Å². The molecule has 0 saturated heterocycles. The third-order valence-corrected chi connectivity index (χ3v) is 4.59. The van der Waals surface area contributed by atoms with Gasteiger partial charge in [0, 0.05) is 37.8 Å². The van der Waals surface area contributed by atoms with Crippen molar-refractivity contribution in [2.45, 2.75) is 32.9 Å². The molecule has 30 heavy (non-hydrogen) atoms. The molecule has 0 heterocycles. The average molecular weight is 412 g/mol. The van der Waals surface area contributed by atoms with Crippen LogP contribution in [-0.2, 0) is 11.3 Å². The highest BCUT2D eigenvalue weighted by atomic mass is 16.5. The Kier molecular flexibility index (Phi) is 8.41. The van der Waals surface area contributed by atoms with Crippen LogP contribution in [-0.4, -0.2) is 49.4 Å². The molecule has 7 heteroatoms. The zero-order valence-electron chi connectivity index (χ0n) is 17.9. The fourth-order valence-electron chi connectivity index (χ4n) is 2.52. The number of rotatable bonds is 9. The molecule has 0 bridgehead atoms. The van der Waals surface area contributed by atoms with E-state index in [9.17, 15) is 14.4 Å². The summed E-state index contributed by atoms with van der Waals surface area (Å²) in [7, 11) is 3.30. The van der Waals surface area contributed by atoms with Crippen LogP contribution in [0.2, 0.25) is 0 Å². The molecule has 2 aromatic rings. The van der Waals surface area contributed by atoms with Gasteiger partial charge >= 0.3 is 0 Å². The van der Waals surface area contributed by atoms with Crippen LogP contribution < -0.4 is 15.4 Å². The van der Waals surface area contributed by atoms with Gasteiger partial charge in [-0.3, -0.25) is 14.4 Å². The van der Waals surface area contributed by atoms with E-state index >= 15 is 0 Å². The van der Waals surface area contributed by atoms with Crippen LogP contribution in [0.1, 0.15) is 46.5 Å². The number of nitrogens with zero attached hydrogens (tertiary/aromatic N) is 1. The average Bonchev–Trinajstić information content (AvgIpc) is 2.75. The van der Waals surface area contributed by atoms with Gasteiger partial charge in [-0.25, -0.2) is 0 Å². The van der Waals surface area contributed by atoms with E-state index in [4.69, 9.17) is 4.74 Å². The van der Waals surface area contributed by atoms with Gasteiger partial charge in [-0.1, -0.05) is 25.1 Å². The molecule has 1 unspecified atom stereocenters. The second kappa shape index (κ2) is 11.0. The summed E-state index contributed by atoms with van der Waals surface area (Å²) < 4.78 is 5.45. The van der Waals surface area contributed by atoms with Crippen molar-refractivity contribution < 1.29 is 19.1 Å². The van der Waals surface area contributed by atoms with Crippen molar-refractivity contribution in [2.75, 3.05) is 20.7 Å². The Bertz CT molecular complexity index is 896. The highest BCUT2D eigenvalue weighted by molar-refractivity contribution is 5.95. The van der Waals surface area contributed by atoms with Crippen LogP contribution in [0.15, 0.2) is 48.5 Å². The Morgan fingerprint density at radius 2 is 1.67 bits per heavy atom. The first-order chi connectivity index (χ1) is 14.3. The molecule has 0 radical (unpaired) electrons. The summed E-state index contributed by atoms with van der Waals surface area (Å²) in [5.41, 5.74) is 1.81. The Hall–Kier alpha value is -3.35. The van der Waals surface area contributed by atoms with E-state index < -0.39 is 0 Å². The fourth-order valence-corrected chi connectivity index (χ4v) is 2.52. The van der Waals surface area contributed by atoms with Gasteiger partial charge in [0.15, 0.2) is 6.61 Å². The number of carbonyl (C=O) groups excluding carboxylic acids is 3. The van der Waals surface area contributed by atoms with E-state index in [1.54, 1.807) is 56.6 Å². The maximum Gasteiger partial charge on any atom is 0.259 e. The number of likely N-dealkylation sites (N-methyl/N-ethyl adjacent to an activating group) is 1. The van der Waals surface area contributed by atoms with E-state index in [1.165, 1.54) is 4.90 Å². The fraction of sp³-hybridized carbons (Fsp3) is 0.348. The lowest BCUT2D eigenvalue weighted by Crippen LogP contribution is -2.32. The highest BCUT2D eigenvalue weighted by Gasteiger charge is 2.11. The smallest absolute Gasteiger partial charge is 0.259 e. The number of benzene rings is 2. The Morgan fingerprint density at radius 1 is 1.00 bits per heavy atom. The summed E-state index contributed by atoms with van der Waals surface area (Å²) >= 11 is 0. The van der Waals surface area contributed by atoms with Gasteiger partial charge in [-0.2, -0.15) is 0 Å². The molecule has 160 valence electrons. The molecule has 0 aromatic heterocycles. The number of hydrogen-bond acceptors (Lipinski definition) is 4. The maximum absolute atomic E-state index is 12.5. The van der Waals surface area contributed by atoms with Crippen molar-refractivity contribution in [1.29, 1.82) is 0 Å². The third kappa shape index (κ3) is 6.92. The van der Waals surface area contributed by atoms with Crippen LogP contribution in [0.25, 0.3) is 0 Å². The summed E-state index contributed by atoms with van der Waals surface area (Å²) in [4.78, 5) is 37.9. The Morgan fingerprint density at radius 3 is 2.33 bits per heavy atom. The van der Waals surface area contributed by atoms with E-state index in [0.29, 0.717) is 16.9 Å². The number of carbonyl (C=O) groups is 3. The molecule has 0 saturated carbocycles. The molecule has 1 atom stereocenters. The van der Waals surface area contributed by atoms with Crippen LogP contribution in [0, 0.1) is 0 Å².